The van der Waals surface area contributed by atoms with Crippen molar-refractivity contribution in [3.63, 3.8) is 0 Å². The van der Waals surface area contributed by atoms with Crippen molar-refractivity contribution in [3.8, 4) is 0 Å². The summed E-state index contributed by atoms with van der Waals surface area (Å²) in [5.74, 6) is 0.736. The van der Waals surface area contributed by atoms with Crippen LogP contribution in [-0.4, -0.2) is 74.1 Å². The number of morpholine rings is 1. The van der Waals surface area contributed by atoms with Crippen molar-refractivity contribution in [2.45, 2.75) is 39.0 Å². The van der Waals surface area contributed by atoms with Gasteiger partial charge >= 0.3 is 0 Å². The minimum absolute atomic E-state index is 0.0542. The zero-order chi connectivity index (χ0) is 16.5. The molecular weight excluding hydrogens is 294 g/mol. The first-order valence-corrected chi connectivity index (χ1v) is 9.03. The lowest BCUT2D eigenvalue weighted by Crippen LogP contribution is -2.44. The predicted molar refractivity (Wildman–Crippen MR) is 89.1 cm³/mol. The van der Waals surface area contributed by atoms with Gasteiger partial charge in [0.2, 0.25) is 11.8 Å². The largest absolute Gasteiger partial charge is 0.379 e. The summed E-state index contributed by atoms with van der Waals surface area (Å²) in [5, 5.41) is 2.67. The molecule has 0 saturated carbocycles. The van der Waals surface area contributed by atoms with E-state index in [-0.39, 0.29) is 18.4 Å². The van der Waals surface area contributed by atoms with Crippen molar-refractivity contribution in [2.75, 3.05) is 52.5 Å². The molecule has 2 saturated heterocycles. The topological polar surface area (TPSA) is 61.9 Å². The lowest BCUT2D eigenvalue weighted by Gasteiger charge is -2.33. The SMILES string of the molecule is CCC(=O)NCC(=O)N1CCC(CCCN2CCOCC2)CC1. The number of amides is 2. The van der Waals surface area contributed by atoms with Gasteiger partial charge in [0.05, 0.1) is 19.8 Å². The standard InChI is InChI=1S/C17H31N3O3/c1-2-16(21)18-14-17(22)20-8-5-15(6-9-20)4-3-7-19-10-12-23-13-11-19/h15H,2-14H2,1H3,(H,18,21). The average molecular weight is 325 g/mol. The Morgan fingerprint density at radius 3 is 2.48 bits per heavy atom. The molecule has 0 aromatic heterocycles. The fourth-order valence-corrected chi connectivity index (χ4v) is 3.31. The minimum Gasteiger partial charge on any atom is -0.379 e. The second-order valence-electron chi connectivity index (χ2n) is 6.55. The number of ether oxygens (including phenoxy) is 1. The molecule has 132 valence electrons. The highest BCUT2D eigenvalue weighted by Crippen LogP contribution is 2.22. The van der Waals surface area contributed by atoms with Gasteiger partial charge in [0.25, 0.3) is 0 Å². The number of nitrogens with zero attached hydrogens (tertiary/aromatic N) is 2. The van der Waals surface area contributed by atoms with Crippen molar-refractivity contribution < 1.29 is 14.3 Å². The van der Waals surface area contributed by atoms with Crippen LogP contribution in [0.15, 0.2) is 0 Å². The summed E-state index contributed by atoms with van der Waals surface area (Å²) in [6.45, 7) is 8.66. The maximum absolute atomic E-state index is 12.0. The summed E-state index contributed by atoms with van der Waals surface area (Å²) < 4.78 is 5.37. The van der Waals surface area contributed by atoms with E-state index in [0.29, 0.717) is 6.42 Å². The maximum Gasteiger partial charge on any atom is 0.241 e. The van der Waals surface area contributed by atoms with E-state index in [1.807, 2.05) is 4.90 Å². The molecule has 1 N–H and O–H groups in total. The van der Waals surface area contributed by atoms with Gasteiger partial charge in [-0.25, -0.2) is 0 Å². The Morgan fingerprint density at radius 1 is 1.13 bits per heavy atom. The second-order valence-corrected chi connectivity index (χ2v) is 6.55. The first-order chi connectivity index (χ1) is 11.2. The molecule has 6 nitrogen and oxygen atoms in total. The van der Waals surface area contributed by atoms with Crippen molar-refractivity contribution in [1.82, 2.24) is 15.1 Å². The number of hydrogen-bond donors (Lipinski definition) is 1. The fourth-order valence-electron chi connectivity index (χ4n) is 3.31. The highest BCUT2D eigenvalue weighted by molar-refractivity contribution is 5.84. The zero-order valence-electron chi connectivity index (χ0n) is 14.4. The molecule has 6 heteroatoms. The summed E-state index contributed by atoms with van der Waals surface area (Å²) >= 11 is 0. The van der Waals surface area contributed by atoms with E-state index in [0.717, 1.165) is 58.2 Å². The number of nitrogens with one attached hydrogen (secondary N) is 1. The normalized spacial score (nSPS) is 20.5. The van der Waals surface area contributed by atoms with Gasteiger partial charge in [-0.05, 0) is 38.1 Å². The highest BCUT2D eigenvalue weighted by Gasteiger charge is 2.22. The fraction of sp³-hybridized carbons (Fsp3) is 0.882. The summed E-state index contributed by atoms with van der Waals surface area (Å²) in [4.78, 5) is 27.6. The molecule has 2 amide bonds. The molecule has 23 heavy (non-hydrogen) atoms. The number of carbonyl (C=O) groups excluding carboxylic acids is 2. The average Bonchev–Trinajstić information content (AvgIpc) is 2.61. The molecule has 0 radical (unpaired) electrons. The maximum atomic E-state index is 12.0. The monoisotopic (exact) mass is 325 g/mol. The molecule has 0 aromatic carbocycles. The predicted octanol–water partition coefficient (Wildman–Crippen LogP) is 0.864. The van der Waals surface area contributed by atoms with Crippen LogP contribution < -0.4 is 5.32 Å². The molecule has 2 rings (SSSR count). The summed E-state index contributed by atoms with van der Waals surface area (Å²) in [6.07, 6.45) is 5.11. The van der Waals surface area contributed by atoms with Gasteiger partial charge in [-0.3, -0.25) is 14.5 Å². The van der Waals surface area contributed by atoms with Crippen molar-refractivity contribution in [1.29, 1.82) is 0 Å². The van der Waals surface area contributed by atoms with Crippen LogP contribution >= 0.6 is 0 Å². The summed E-state index contributed by atoms with van der Waals surface area (Å²) in [5.41, 5.74) is 0. The van der Waals surface area contributed by atoms with E-state index in [4.69, 9.17) is 4.74 Å². The van der Waals surface area contributed by atoms with Crippen LogP contribution in [0, 0.1) is 5.92 Å². The van der Waals surface area contributed by atoms with E-state index >= 15 is 0 Å². The molecule has 0 unspecified atom stereocenters. The Bertz CT molecular complexity index is 375. The number of carbonyl (C=O) groups is 2. The Hall–Kier alpha value is -1.14. The molecule has 2 heterocycles. The first kappa shape index (κ1) is 18.2. The van der Waals surface area contributed by atoms with E-state index in [2.05, 4.69) is 10.2 Å². The smallest absolute Gasteiger partial charge is 0.241 e. The molecular formula is C17H31N3O3. The van der Waals surface area contributed by atoms with Gasteiger partial charge in [0.15, 0.2) is 0 Å². The molecule has 0 bridgehead atoms. The van der Waals surface area contributed by atoms with E-state index in [1.54, 1.807) is 6.92 Å². The molecule has 0 spiro atoms. The Kier molecular flexibility index (Phi) is 7.82. The number of rotatable bonds is 7. The third-order valence-corrected chi connectivity index (χ3v) is 4.92. The summed E-state index contributed by atoms with van der Waals surface area (Å²) in [7, 11) is 0. The lowest BCUT2D eigenvalue weighted by molar-refractivity contribution is -0.134. The second kappa shape index (κ2) is 9.88. The van der Waals surface area contributed by atoms with Crippen molar-refractivity contribution in [3.05, 3.63) is 0 Å². The van der Waals surface area contributed by atoms with E-state index < -0.39 is 0 Å². The van der Waals surface area contributed by atoms with Gasteiger partial charge in [0.1, 0.15) is 0 Å². The van der Waals surface area contributed by atoms with Crippen molar-refractivity contribution >= 4 is 11.8 Å². The molecule has 2 aliphatic rings. The Balaban J connectivity index is 1.56. The lowest BCUT2D eigenvalue weighted by atomic mass is 9.92. The molecule has 0 aliphatic carbocycles. The van der Waals surface area contributed by atoms with Gasteiger partial charge in [0, 0.05) is 32.6 Å². The van der Waals surface area contributed by atoms with Crippen LogP contribution in [0.25, 0.3) is 0 Å². The zero-order valence-corrected chi connectivity index (χ0v) is 14.4. The Morgan fingerprint density at radius 2 is 1.83 bits per heavy atom. The Labute approximate surface area is 139 Å². The number of likely N-dealkylation sites (tertiary alicyclic amines) is 1. The molecule has 2 fully saturated rings. The van der Waals surface area contributed by atoms with Crippen LogP contribution in [0.4, 0.5) is 0 Å². The number of hydrogen-bond acceptors (Lipinski definition) is 4. The molecule has 2 aliphatic heterocycles. The van der Waals surface area contributed by atoms with Crippen LogP contribution in [0.5, 0.6) is 0 Å². The molecule has 0 aromatic rings. The van der Waals surface area contributed by atoms with E-state index in [1.165, 1.54) is 19.4 Å². The van der Waals surface area contributed by atoms with Crippen molar-refractivity contribution in [2.24, 2.45) is 5.92 Å². The number of piperidine rings is 1. The third kappa shape index (κ3) is 6.47. The quantitative estimate of drug-likeness (QED) is 0.754. The minimum atomic E-state index is -0.0589. The van der Waals surface area contributed by atoms with E-state index in [9.17, 15) is 9.59 Å². The highest BCUT2D eigenvalue weighted by atomic mass is 16.5. The molecule has 0 atom stereocenters. The van der Waals surface area contributed by atoms with Crippen LogP contribution in [0.3, 0.4) is 0 Å². The van der Waals surface area contributed by atoms with Crippen LogP contribution in [-0.2, 0) is 14.3 Å². The van der Waals surface area contributed by atoms with Crippen LogP contribution in [0.1, 0.15) is 39.0 Å². The summed E-state index contributed by atoms with van der Waals surface area (Å²) in [6, 6.07) is 0. The van der Waals surface area contributed by atoms with Gasteiger partial charge in [-0.1, -0.05) is 6.92 Å². The first-order valence-electron chi connectivity index (χ1n) is 9.03. The van der Waals surface area contributed by atoms with Gasteiger partial charge in [-0.15, -0.1) is 0 Å². The van der Waals surface area contributed by atoms with Crippen LogP contribution in [0.2, 0.25) is 0 Å². The van der Waals surface area contributed by atoms with Gasteiger partial charge < -0.3 is 15.0 Å². The third-order valence-electron chi connectivity index (χ3n) is 4.92. The van der Waals surface area contributed by atoms with Gasteiger partial charge in [-0.2, -0.15) is 0 Å².